The Kier molecular flexibility index (Phi) is 6.06. The second kappa shape index (κ2) is 7.77. The first-order chi connectivity index (χ1) is 10.3. The number of carbonyl (C=O) groups is 4. The Labute approximate surface area is 125 Å². The minimum Gasteiger partial charge on any atom is -0.480 e. The Morgan fingerprint density at radius 3 is 2.18 bits per heavy atom. The molecule has 0 heterocycles. The summed E-state index contributed by atoms with van der Waals surface area (Å²) in [5.41, 5.74) is 0.625. The zero-order valence-electron chi connectivity index (χ0n) is 11.7. The van der Waals surface area contributed by atoms with E-state index in [2.05, 4.69) is 10.1 Å². The topological polar surface area (TPSA) is 130 Å². The quantitative estimate of drug-likeness (QED) is 0.607. The van der Waals surface area contributed by atoms with Crippen LogP contribution in [0.3, 0.4) is 0 Å². The molecule has 0 spiro atoms. The number of carboxylic acids is 2. The largest absolute Gasteiger partial charge is 0.480 e. The van der Waals surface area contributed by atoms with Gasteiger partial charge in [-0.2, -0.15) is 0 Å². The van der Waals surface area contributed by atoms with E-state index in [0.717, 1.165) is 6.92 Å². The van der Waals surface area contributed by atoms with Gasteiger partial charge in [-0.15, -0.1) is 0 Å². The first-order valence-electron chi connectivity index (χ1n) is 6.27. The van der Waals surface area contributed by atoms with E-state index < -0.39 is 36.5 Å². The van der Waals surface area contributed by atoms with Crippen LogP contribution in [0.1, 0.15) is 22.8 Å². The summed E-state index contributed by atoms with van der Waals surface area (Å²) in [7, 11) is 0. The highest BCUT2D eigenvalue weighted by atomic mass is 16.5. The Balaban J connectivity index is 2.67. The number of amides is 1. The normalized spacial score (nSPS) is 11.3. The van der Waals surface area contributed by atoms with Crippen molar-refractivity contribution in [2.75, 3.05) is 6.61 Å². The molecule has 0 saturated heterocycles. The minimum absolute atomic E-state index is 0.0267. The third-order valence-electron chi connectivity index (χ3n) is 2.68. The molecule has 8 heteroatoms. The molecule has 1 aromatic carbocycles. The first kappa shape index (κ1) is 17.2. The molecular weight excluding hydrogens is 294 g/mol. The number of nitrogens with one attached hydrogen (secondary N) is 1. The lowest BCUT2D eigenvalue weighted by Crippen LogP contribution is -2.44. The molecule has 0 aliphatic rings. The van der Waals surface area contributed by atoms with E-state index in [9.17, 15) is 19.2 Å². The number of rotatable bonds is 7. The van der Waals surface area contributed by atoms with Gasteiger partial charge >= 0.3 is 17.9 Å². The van der Waals surface area contributed by atoms with Crippen molar-refractivity contribution in [1.29, 1.82) is 0 Å². The van der Waals surface area contributed by atoms with Crippen LogP contribution < -0.4 is 5.32 Å². The summed E-state index contributed by atoms with van der Waals surface area (Å²) in [4.78, 5) is 43.9. The van der Waals surface area contributed by atoms with Crippen molar-refractivity contribution >= 4 is 23.8 Å². The van der Waals surface area contributed by atoms with Crippen LogP contribution in [-0.4, -0.2) is 46.7 Å². The van der Waals surface area contributed by atoms with Gasteiger partial charge in [0.15, 0.2) is 6.61 Å². The number of esters is 1. The van der Waals surface area contributed by atoms with Crippen molar-refractivity contribution in [2.45, 2.75) is 19.4 Å². The van der Waals surface area contributed by atoms with Gasteiger partial charge in [-0.1, -0.05) is 12.1 Å². The number of hydrogen-bond donors (Lipinski definition) is 3. The van der Waals surface area contributed by atoms with Gasteiger partial charge in [0.1, 0.15) is 6.04 Å². The Morgan fingerprint density at radius 1 is 1.14 bits per heavy atom. The second-order valence-electron chi connectivity index (χ2n) is 4.44. The predicted octanol–water partition coefficient (Wildman–Crippen LogP) is 0.0598. The number of benzene rings is 1. The number of carbonyl (C=O) groups excluding carboxylic acids is 2. The molecule has 0 aliphatic carbocycles. The third kappa shape index (κ3) is 5.61. The van der Waals surface area contributed by atoms with Crippen LogP contribution in [0.15, 0.2) is 24.3 Å². The smallest absolute Gasteiger partial charge is 0.335 e. The predicted molar refractivity (Wildman–Crippen MR) is 73.3 cm³/mol. The summed E-state index contributed by atoms with van der Waals surface area (Å²) in [5.74, 6) is -3.72. The molecule has 0 fully saturated rings. The summed E-state index contributed by atoms with van der Waals surface area (Å²) in [5, 5.41) is 20.1. The average Bonchev–Trinajstić information content (AvgIpc) is 2.44. The van der Waals surface area contributed by atoms with Crippen molar-refractivity contribution in [3.63, 3.8) is 0 Å². The van der Waals surface area contributed by atoms with Gasteiger partial charge in [0.05, 0.1) is 5.56 Å². The fraction of sp³-hybridized carbons (Fsp3) is 0.286. The van der Waals surface area contributed by atoms with Crippen molar-refractivity contribution in [1.82, 2.24) is 5.32 Å². The van der Waals surface area contributed by atoms with Crippen molar-refractivity contribution in [2.24, 2.45) is 0 Å². The molecule has 0 saturated carbocycles. The van der Waals surface area contributed by atoms with E-state index in [4.69, 9.17) is 10.2 Å². The van der Waals surface area contributed by atoms with E-state index >= 15 is 0 Å². The van der Waals surface area contributed by atoms with Gasteiger partial charge in [0.2, 0.25) is 0 Å². The van der Waals surface area contributed by atoms with Crippen LogP contribution in [0.5, 0.6) is 0 Å². The highest BCUT2D eigenvalue weighted by Gasteiger charge is 2.21. The maximum atomic E-state index is 11.5. The Morgan fingerprint density at radius 2 is 1.73 bits per heavy atom. The van der Waals surface area contributed by atoms with Gasteiger partial charge in [-0.25, -0.2) is 9.59 Å². The summed E-state index contributed by atoms with van der Waals surface area (Å²) in [6.07, 6.45) is -0.0267. The van der Waals surface area contributed by atoms with E-state index in [1.807, 2.05) is 0 Å². The molecule has 0 aliphatic heterocycles. The highest BCUT2D eigenvalue weighted by Crippen LogP contribution is 2.07. The summed E-state index contributed by atoms with van der Waals surface area (Å²) >= 11 is 0. The van der Waals surface area contributed by atoms with E-state index in [1.165, 1.54) is 24.3 Å². The lowest BCUT2D eigenvalue weighted by Gasteiger charge is -2.14. The van der Waals surface area contributed by atoms with Crippen LogP contribution in [0.25, 0.3) is 0 Å². The monoisotopic (exact) mass is 309 g/mol. The molecule has 0 unspecified atom stereocenters. The molecule has 1 atom stereocenters. The van der Waals surface area contributed by atoms with E-state index in [1.54, 1.807) is 0 Å². The number of aromatic carboxylic acids is 1. The lowest BCUT2D eigenvalue weighted by atomic mass is 10.0. The highest BCUT2D eigenvalue weighted by molar-refractivity contribution is 5.87. The van der Waals surface area contributed by atoms with Crippen molar-refractivity contribution < 1.29 is 34.1 Å². The first-order valence-corrected chi connectivity index (χ1v) is 6.27. The minimum atomic E-state index is -1.25. The average molecular weight is 309 g/mol. The standard InChI is InChI=1S/C14H15NO7/c1-8(16)22-7-12(17)15-11(14(20)21)6-9-2-4-10(5-3-9)13(18)19/h2-5,11H,6-7H2,1H3,(H,15,17)(H,18,19)(H,20,21)/t11-/m1/s1. The molecular formula is C14H15NO7. The number of aliphatic carboxylic acids is 1. The van der Waals surface area contributed by atoms with Gasteiger partial charge in [0.25, 0.3) is 5.91 Å². The zero-order chi connectivity index (χ0) is 16.7. The van der Waals surface area contributed by atoms with Crippen molar-refractivity contribution in [3.05, 3.63) is 35.4 Å². The maximum absolute atomic E-state index is 11.5. The fourth-order valence-corrected chi connectivity index (χ4v) is 1.62. The molecule has 0 aromatic heterocycles. The number of ether oxygens (including phenoxy) is 1. The van der Waals surface area contributed by atoms with Crippen LogP contribution in [0.4, 0.5) is 0 Å². The second-order valence-corrected chi connectivity index (χ2v) is 4.44. The summed E-state index contributed by atoms with van der Waals surface area (Å²) in [6.45, 7) is 0.572. The molecule has 1 rings (SSSR count). The lowest BCUT2D eigenvalue weighted by molar-refractivity contribution is -0.148. The summed E-state index contributed by atoms with van der Waals surface area (Å²) < 4.78 is 4.47. The molecule has 22 heavy (non-hydrogen) atoms. The van der Waals surface area contributed by atoms with Crippen LogP contribution in [0.2, 0.25) is 0 Å². The third-order valence-corrected chi connectivity index (χ3v) is 2.68. The van der Waals surface area contributed by atoms with Crippen molar-refractivity contribution in [3.8, 4) is 0 Å². The molecule has 118 valence electrons. The van der Waals surface area contributed by atoms with Gasteiger partial charge in [0, 0.05) is 13.3 Å². The fourth-order valence-electron chi connectivity index (χ4n) is 1.62. The van der Waals surface area contributed by atoms with Gasteiger partial charge < -0.3 is 20.3 Å². The number of hydrogen-bond acceptors (Lipinski definition) is 5. The molecule has 0 radical (unpaired) electrons. The molecule has 8 nitrogen and oxygen atoms in total. The van der Waals surface area contributed by atoms with Crippen LogP contribution >= 0.6 is 0 Å². The van der Waals surface area contributed by atoms with E-state index in [0.29, 0.717) is 5.56 Å². The van der Waals surface area contributed by atoms with Gasteiger partial charge in [-0.05, 0) is 17.7 Å². The molecule has 1 amide bonds. The Bertz CT molecular complexity index is 579. The molecule has 3 N–H and O–H groups in total. The SMILES string of the molecule is CC(=O)OCC(=O)N[C@H](Cc1ccc(C(=O)O)cc1)C(=O)O. The molecule has 1 aromatic rings. The van der Waals surface area contributed by atoms with E-state index in [-0.39, 0.29) is 12.0 Å². The molecule has 0 bridgehead atoms. The maximum Gasteiger partial charge on any atom is 0.335 e. The van der Waals surface area contributed by atoms with Crippen LogP contribution in [-0.2, 0) is 25.5 Å². The van der Waals surface area contributed by atoms with Gasteiger partial charge in [-0.3, -0.25) is 9.59 Å². The number of carboxylic acid groups (broad SMARTS) is 2. The Hall–Kier alpha value is -2.90. The van der Waals surface area contributed by atoms with Crippen LogP contribution in [0, 0.1) is 0 Å². The summed E-state index contributed by atoms with van der Waals surface area (Å²) in [6, 6.07) is 4.42. The zero-order valence-corrected chi connectivity index (χ0v) is 11.7.